The van der Waals surface area contributed by atoms with E-state index in [1.807, 2.05) is 6.92 Å². The summed E-state index contributed by atoms with van der Waals surface area (Å²) in [6, 6.07) is 1.37. The molecule has 6 nitrogen and oxygen atoms in total. The average Bonchev–Trinajstić information content (AvgIpc) is 2.24. The lowest BCUT2D eigenvalue weighted by atomic mass is 10.2. The van der Waals surface area contributed by atoms with Crippen LogP contribution < -0.4 is 5.43 Å². The van der Waals surface area contributed by atoms with Gasteiger partial charge in [0.1, 0.15) is 0 Å². The minimum absolute atomic E-state index is 0.148. The first-order chi connectivity index (χ1) is 8.36. The molecule has 1 aromatic heterocycles. The molecule has 1 aromatic rings. The third kappa shape index (κ3) is 3.10. The molecule has 0 saturated heterocycles. The molecular weight excluding hydrogens is 236 g/mol. The molecule has 2 N–H and O–H groups in total. The second-order valence-corrected chi connectivity index (χ2v) is 4.26. The molecule has 0 aliphatic heterocycles. The Morgan fingerprint density at radius 2 is 2.11 bits per heavy atom. The van der Waals surface area contributed by atoms with Crippen molar-refractivity contribution in [1.29, 1.82) is 0 Å². The van der Waals surface area contributed by atoms with E-state index in [9.17, 15) is 14.7 Å². The maximum atomic E-state index is 11.5. The first kappa shape index (κ1) is 14.2. The minimum Gasteiger partial charge on any atom is -0.503 e. The molecule has 1 rings (SSSR count). The van der Waals surface area contributed by atoms with Crippen molar-refractivity contribution in [3.05, 3.63) is 27.7 Å². The molecule has 1 heterocycles. The van der Waals surface area contributed by atoms with E-state index in [1.165, 1.54) is 11.0 Å². The van der Waals surface area contributed by atoms with E-state index >= 15 is 0 Å². The van der Waals surface area contributed by atoms with Gasteiger partial charge in [-0.1, -0.05) is 0 Å². The summed E-state index contributed by atoms with van der Waals surface area (Å²) in [4.78, 5) is 23.7. The van der Waals surface area contributed by atoms with Gasteiger partial charge in [-0.05, 0) is 20.9 Å². The van der Waals surface area contributed by atoms with Crippen molar-refractivity contribution >= 4 is 5.97 Å². The SMILES string of the molecule is CCn1c(C)cc(=O)c(O)c1CN(C)CC(=O)O. The van der Waals surface area contributed by atoms with Gasteiger partial charge in [0.2, 0.25) is 5.43 Å². The van der Waals surface area contributed by atoms with Crippen LogP contribution in [0.2, 0.25) is 0 Å². The number of nitrogens with zero attached hydrogens (tertiary/aromatic N) is 2. The number of hydrogen-bond donors (Lipinski definition) is 2. The Bertz CT molecular complexity index is 508. The van der Waals surface area contributed by atoms with Gasteiger partial charge in [0.05, 0.1) is 12.2 Å². The standard InChI is InChI=1S/C12H18N2O4/c1-4-14-8(2)5-10(15)12(18)9(14)6-13(3)7-11(16)17/h5,18H,4,6-7H2,1-3H3,(H,16,17). The summed E-state index contributed by atoms with van der Waals surface area (Å²) in [5, 5.41) is 18.5. The van der Waals surface area contributed by atoms with Crippen LogP contribution in [-0.2, 0) is 17.9 Å². The third-order valence-electron chi connectivity index (χ3n) is 2.74. The molecule has 0 aromatic carbocycles. The molecule has 0 aliphatic rings. The van der Waals surface area contributed by atoms with Crippen molar-refractivity contribution in [2.75, 3.05) is 13.6 Å². The fourth-order valence-corrected chi connectivity index (χ4v) is 1.96. The fourth-order valence-electron chi connectivity index (χ4n) is 1.96. The molecule has 0 fully saturated rings. The molecule has 0 radical (unpaired) electrons. The highest BCUT2D eigenvalue weighted by Crippen LogP contribution is 2.16. The molecule has 0 atom stereocenters. The smallest absolute Gasteiger partial charge is 0.317 e. The van der Waals surface area contributed by atoms with Crippen LogP contribution in [0.25, 0.3) is 0 Å². The Morgan fingerprint density at radius 1 is 1.50 bits per heavy atom. The lowest BCUT2D eigenvalue weighted by Gasteiger charge is -2.20. The van der Waals surface area contributed by atoms with Crippen LogP contribution in [0.5, 0.6) is 5.75 Å². The van der Waals surface area contributed by atoms with Crippen molar-refractivity contribution in [2.24, 2.45) is 0 Å². The molecule has 100 valence electrons. The van der Waals surface area contributed by atoms with Crippen LogP contribution in [-0.4, -0.2) is 39.2 Å². The number of aromatic hydroxyl groups is 1. The highest BCUT2D eigenvalue weighted by Gasteiger charge is 2.15. The second kappa shape index (κ2) is 5.68. The normalized spacial score (nSPS) is 10.9. The van der Waals surface area contributed by atoms with E-state index in [-0.39, 0.29) is 18.8 Å². The third-order valence-corrected chi connectivity index (χ3v) is 2.74. The largest absolute Gasteiger partial charge is 0.503 e. The summed E-state index contributed by atoms with van der Waals surface area (Å²) >= 11 is 0. The van der Waals surface area contributed by atoms with E-state index in [0.29, 0.717) is 12.2 Å². The molecular formula is C12H18N2O4. The van der Waals surface area contributed by atoms with Crippen LogP contribution in [0.1, 0.15) is 18.3 Å². The Hall–Kier alpha value is -1.82. The number of pyridine rings is 1. The molecule has 0 saturated carbocycles. The molecule has 0 aliphatic carbocycles. The summed E-state index contributed by atoms with van der Waals surface area (Å²) in [6.07, 6.45) is 0. The Labute approximate surface area is 105 Å². The predicted molar refractivity (Wildman–Crippen MR) is 66.7 cm³/mol. The van der Waals surface area contributed by atoms with Crippen molar-refractivity contribution in [1.82, 2.24) is 9.47 Å². The quantitative estimate of drug-likeness (QED) is 0.794. The van der Waals surface area contributed by atoms with Crippen molar-refractivity contribution in [3.8, 4) is 5.75 Å². The van der Waals surface area contributed by atoms with Gasteiger partial charge in [0.25, 0.3) is 0 Å². The molecule has 0 spiro atoms. The van der Waals surface area contributed by atoms with E-state index in [0.717, 1.165) is 5.69 Å². The highest BCUT2D eigenvalue weighted by molar-refractivity contribution is 5.69. The second-order valence-electron chi connectivity index (χ2n) is 4.26. The van der Waals surface area contributed by atoms with Crippen molar-refractivity contribution < 1.29 is 15.0 Å². The number of carboxylic acids is 1. The maximum Gasteiger partial charge on any atom is 0.317 e. The van der Waals surface area contributed by atoms with Crippen molar-refractivity contribution in [2.45, 2.75) is 26.9 Å². The Morgan fingerprint density at radius 3 is 2.61 bits per heavy atom. The average molecular weight is 254 g/mol. The van der Waals surface area contributed by atoms with Gasteiger partial charge in [-0.15, -0.1) is 0 Å². The zero-order valence-electron chi connectivity index (χ0n) is 10.8. The topological polar surface area (TPSA) is 82.8 Å². The first-order valence-corrected chi connectivity index (χ1v) is 5.69. The van der Waals surface area contributed by atoms with Gasteiger partial charge in [0.15, 0.2) is 5.75 Å². The van der Waals surface area contributed by atoms with Gasteiger partial charge in [-0.3, -0.25) is 14.5 Å². The number of aromatic nitrogens is 1. The number of hydrogen-bond acceptors (Lipinski definition) is 4. The number of carbonyl (C=O) groups is 1. The monoisotopic (exact) mass is 254 g/mol. The van der Waals surface area contributed by atoms with Crippen LogP contribution in [0.15, 0.2) is 10.9 Å². The molecule has 18 heavy (non-hydrogen) atoms. The number of aryl methyl sites for hydroxylation is 1. The zero-order chi connectivity index (χ0) is 13.9. The van der Waals surface area contributed by atoms with Crippen LogP contribution >= 0.6 is 0 Å². The molecule has 0 amide bonds. The summed E-state index contributed by atoms with van der Waals surface area (Å²) < 4.78 is 1.80. The Balaban J connectivity index is 3.14. The van der Waals surface area contributed by atoms with Gasteiger partial charge < -0.3 is 14.8 Å². The highest BCUT2D eigenvalue weighted by atomic mass is 16.4. The van der Waals surface area contributed by atoms with Crippen LogP contribution in [0, 0.1) is 6.92 Å². The van der Waals surface area contributed by atoms with Crippen molar-refractivity contribution in [3.63, 3.8) is 0 Å². The van der Waals surface area contributed by atoms with Crippen LogP contribution in [0.4, 0.5) is 0 Å². The Kier molecular flexibility index (Phi) is 4.49. The fraction of sp³-hybridized carbons (Fsp3) is 0.500. The summed E-state index contributed by atoms with van der Waals surface area (Å²) in [5.74, 6) is -1.25. The summed E-state index contributed by atoms with van der Waals surface area (Å²) in [7, 11) is 1.63. The molecule has 6 heteroatoms. The summed E-state index contributed by atoms with van der Waals surface area (Å²) in [6.45, 7) is 4.35. The van der Waals surface area contributed by atoms with E-state index in [1.54, 1.807) is 18.5 Å². The molecule has 0 unspecified atom stereocenters. The number of carboxylic acid groups (broad SMARTS) is 1. The lowest BCUT2D eigenvalue weighted by molar-refractivity contribution is -0.138. The zero-order valence-corrected chi connectivity index (χ0v) is 10.8. The van der Waals surface area contributed by atoms with E-state index in [4.69, 9.17) is 5.11 Å². The molecule has 0 bridgehead atoms. The van der Waals surface area contributed by atoms with E-state index < -0.39 is 11.4 Å². The van der Waals surface area contributed by atoms with Gasteiger partial charge >= 0.3 is 5.97 Å². The number of aliphatic carboxylic acids is 1. The van der Waals surface area contributed by atoms with Gasteiger partial charge in [-0.25, -0.2) is 0 Å². The van der Waals surface area contributed by atoms with Crippen LogP contribution in [0.3, 0.4) is 0 Å². The van der Waals surface area contributed by atoms with Gasteiger partial charge in [0, 0.05) is 24.8 Å². The van der Waals surface area contributed by atoms with Gasteiger partial charge in [-0.2, -0.15) is 0 Å². The summed E-state index contributed by atoms with van der Waals surface area (Å²) in [5.41, 5.74) is 0.765. The lowest BCUT2D eigenvalue weighted by Crippen LogP contribution is -2.28. The predicted octanol–water partition coefficient (Wildman–Crippen LogP) is 0.399. The minimum atomic E-state index is -0.949. The number of rotatable bonds is 5. The maximum absolute atomic E-state index is 11.5. The first-order valence-electron chi connectivity index (χ1n) is 5.69. The van der Waals surface area contributed by atoms with E-state index in [2.05, 4.69) is 0 Å². The number of likely N-dealkylation sites (N-methyl/N-ethyl adjacent to an activating group) is 1.